The molecule has 0 spiro atoms. The van der Waals surface area contributed by atoms with E-state index < -0.39 is 5.60 Å². The molecule has 152 valence electrons. The van der Waals surface area contributed by atoms with Crippen LogP contribution in [0, 0.1) is 5.92 Å². The number of aryl methyl sites for hydroxylation is 2. The quantitative estimate of drug-likeness (QED) is 0.584. The lowest BCUT2D eigenvalue weighted by Gasteiger charge is -2.32. The Morgan fingerprint density at radius 2 is 1.75 bits per heavy atom. The monoisotopic (exact) mass is 387 g/mol. The second-order valence-electron chi connectivity index (χ2n) is 8.61. The van der Waals surface area contributed by atoms with Crippen molar-refractivity contribution >= 4 is 17.8 Å². The highest BCUT2D eigenvalue weighted by atomic mass is 16.6. The van der Waals surface area contributed by atoms with Crippen LogP contribution in [0.4, 0.5) is 4.79 Å². The number of ketones is 1. The van der Waals surface area contributed by atoms with Crippen LogP contribution in [0.15, 0.2) is 18.2 Å². The van der Waals surface area contributed by atoms with Gasteiger partial charge in [0.05, 0.1) is 5.92 Å². The summed E-state index contributed by atoms with van der Waals surface area (Å²) in [7, 11) is 0. The fraction of sp³-hybridized carbons (Fsp3) is 0.591. The number of benzene rings is 1. The summed E-state index contributed by atoms with van der Waals surface area (Å²) in [5.41, 5.74) is 2.61. The zero-order valence-electron chi connectivity index (χ0n) is 17.0. The number of likely N-dealkylation sites (tertiary alicyclic amines) is 1. The first-order valence-corrected chi connectivity index (χ1v) is 10.0. The van der Waals surface area contributed by atoms with Gasteiger partial charge < -0.3 is 14.4 Å². The predicted octanol–water partition coefficient (Wildman–Crippen LogP) is 3.55. The van der Waals surface area contributed by atoms with Crippen molar-refractivity contribution in [2.75, 3.05) is 19.7 Å². The molecule has 0 atom stereocenters. The van der Waals surface area contributed by atoms with Crippen LogP contribution in [0.2, 0.25) is 0 Å². The highest BCUT2D eigenvalue weighted by Gasteiger charge is 2.31. The first kappa shape index (κ1) is 20.4. The van der Waals surface area contributed by atoms with Gasteiger partial charge in [0.2, 0.25) is 0 Å². The molecule has 1 saturated heterocycles. The second-order valence-corrected chi connectivity index (χ2v) is 8.61. The van der Waals surface area contributed by atoms with Crippen LogP contribution < -0.4 is 0 Å². The fourth-order valence-corrected chi connectivity index (χ4v) is 3.71. The van der Waals surface area contributed by atoms with E-state index in [1.807, 2.05) is 39.0 Å². The summed E-state index contributed by atoms with van der Waals surface area (Å²) in [5.74, 6) is -0.820. The number of carbonyl (C=O) groups is 3. The molecule has 1 aromatic carbocycles. The molecule has 1 heterocycles. The molecule has 1 amide bonds. The van der Waals surface area contributed by atoms with Gasteiger partial charge in [-0.15, -0.1) is 0 Å². The number of esters is 1. The summed E-state index contributed by atoms with van der Waals surface area (Å²) in [6.07, 6.45) is 3.89. The smallest absolute Gasteiger partial charge is 0.410 e. The number of rotatable bonds is 4. The maximum atomic E-state index is 12.4. The molecule has 28 heavy (non-hydrogen) atoms. The zero-order chi connectivity index (χ0) is 20.3. The lowest BCUT2D eigenvalue weighted by molar-refractivity contribution is -0.149. The largest absolute Gasteiger partial charge is 0.457 e. The SMILES string of the molecule is CC(C)(C)OC(=O)N1CCC(C(=O)OCC(=O)c2ccc3c(c2)CCC3)CC1. The summed E-state index contributed by atoms with van der Waals surface area (Å²) in [4.78, 5) is 38.4. The Kier molecular flexibility index (Phi) is 6.06. The van der Waals surface area contributed by atoms with E-state index >= 15 is 0 Å². The zero-order valence-corrected chi connectivity index (χ0v) is 17.0. The molecule has 1 aliphatic carbocycles. The third-order valence-electron chi connectivity index (χ3n) is 5.25. The number of carbonyl (C=O) groups excluding carboxylic acids is 3. The molecule has 6 heteroatoms. The summed E-state index contributed by atoms with van der Waals surface area (Å²) >= 11 is 0. The Morgan fingerprint density at radius 3 is 2.43 bits per heavy atom. The molecule has 0 aromatic heterocycles. The molecule has 0 radical (unpaired) electrons. The average molecular weight is 387 g/mol. The minimum absolute atomic E-state index is 0.172. The molecule has 1 aliphatic heterocycles. The summed E-state index contributed by atoms with van der Waals surface area (Å²) in [6, 6.07) is 5.75. The number of hydrogen-bond donors (Lipinski definition) is 0. The number of amides is 1. The van der Waals surface area contributed by atoms with E-state index in [-0.39, 0.29) is 30.4 Å². The van der Waals surface area contributed by atoms with Crippen molar-refractivity contribution in [1.29, 1.82) is 0 Å². The molecule has 0 unspecified atom stereocenters. The van der Waals surface area contributed by atoms with E-state index in [9.17, 15) is 14.4 Å². The van der Waals surface area contributed by atoms with Crippen LogP contribution in [0.5, 0.6) is 0 Å². The molecular formula is C22H29NO5. The molecule has 0 bridgehead atoms. The Bertz CT molecular complexity index is 757. The Hall–Kier alpha value is -2.37. The van der Waals surface area contributed by atoms with Gasteiger partial charge in [-0.1, -0.05) is 12.1 Å². The van der Waals surface area contributed by atoms with Crippen LogP contribution in [-0.4, -0.2) is 48.0 Å². The predicted molar refractivity (Wildman–Crippen MR) is 104 cm³/mol. The molecule has 3 rings (SSSR count). The molecule has 0 saturated carbocycles. The highest BCUT2D eigenvalue weighted by molar-refractivity contribution is 5.98. The molecule has 1 fully saturated rings. The topological polar surface area (TPSA) is 72.9 Å². The van der Waals surface area contributed by atoms with Gasteiger partial charge >= 0.3 is 12.1 Å². The fourth-order valence-electron chi connectivity index (χ4n) is 3.71. The summed E-state index contributed by atoms with van der Waals surface area (Å²) in [6.45, 7) is 6.15. The van der Waals surface area contributed by atoms with Crippen LogP contribution in [0.3, 0.4) is 0 Å². The van der Waals surface area contributed by atoms with Gasteiger partial charge in [-0.2, -0.15) is 0 Å². The molecule has 0 N–H and O–H groups in total. The molecule has 2 aliphatic rings. The van der Waals surface area contributed by atoms with Crippen LogP contribution in [-0.2, 0) is 27.1 Å². The van der Waals surface area contributed by atoms with E-state index in [1.165, 1.54) is 11.1 Å². The lowest BCUT2D eigenvalue weighted by Crippen LogP contribution is -2.43. The number of hydrogen-bond acceptors (Lipinski definition) is 5. The molecule has 6 nitrogen and oxygen atoms in total. The van der Waals surface area contributed by atoms with Crippen LogP contribution >= 0.6 is 0 Å². The van der Waals surface area contributed by atoms with Crippen LogP contribution in [0.25, 0.3) is 0 Å². The van der Waals surface area contributed by atoms with E-state index in [1.54, 1.807) is 4.90 Å². The number of fused-ring (bicyclic) bond motifs is 1. The standard InChI is InChI=1S/C22H29NO5/c1-22(2,3)28-21(26)23-11-9-16(10-12-23)20(25)27-14-19(24)18-8-7-15-5-4-6-17(15)13-18/h7-8,13,16H,4-6,9-12,14H2,1-3H3. The minimum Gasteiger partial charge on any atom is -0.457 e. The second kappa shape index (κ2) is 8.33. The first-order chi connectivity index (χ1) is 13.2. The number of ether oxygens (including phenoxy) is 2. The van der Waals surface area contributed by atoms with Crippen LogP contribution in [0.1, 0.15) is 61.5 Å². The van der Waals surface area contributed by atoms with Gasteiger partial charge in [0.15, 0.2) is 12.4 Å². The highest BCUT2D eigenvalue weighted by Crippen LogP contribution is 2.24. The maximum Gasteiger partial charge on any atom is 0.410 e. The van der Waals surface area contributed by atoms with Gasteiger partial charge in [0.1, 0.15) is 5.60 Å². The Balaban J connectivity index is 1.44. The first-order valence-electron chi connectivity index (χ1n) is 10.0. The number of piperidine rings is 1. The Morgan fingerprint density at radius 1 is 1.07 bits per heavy atom. The normalized spacial score (nSPS) is 17.2. The van der Waals surface area contributed by atoms with Crippen molar-refractivity contribution in [3.05, 3.63) is 34.9 Å². The third-order valence-corrected chi connectivity index (χ3v) is 5.25. The summed E-state index contributed by atoms with van der Waals surface area (Å²) in [5, 5.41) is 0. The van der Waals surface area contributed by atoms with Crippen molar-refractivity contribution in [1.82, 2.24) is 4.90 Å². The lowest BCUT2D eigenvalue weighted by atomic mass is 9.97. The maximum absolute atomic E-state index is 12.4. The minimum atomic E-state index is -0.537. The van der Waals surface area contributed by atoms with E-state index in [0.717, 1.165) is 19.3 Å². The number of nitrogens with zero attached hydrogens (tertiary/aromatic N) is 1. The van der Waals surface area contributed by atoms with Gasteiger partial charge in [0.25, 0.3) is 0 Å². The van der Waals surface area contributed by atoms with E-state index in [2.05, 4.69) is 0 Å². The van der Waals surface area contributed by atoms with Crippen molar-refractivity contribution in [3.63, 3.8) is 0 Å². The Labute approximate surface area is 166 Å². The number of Topliss-reactive ketones (excluding diaryl/α,β-unsaturated/α-hetero) is 1. The summed E-state index contributed by atoms with van der Waals surface area (Å²) < 4.78 is 10.6. The van der Waals surface area contributed by atoms with Crippen molar-refractivity contribution in [3.8, 4) is 0 Å². The van der Waals surface area contributed by atoms with Gasteiger partial charge in [-0.3, -0.25) is 9.59 Å². The van der Waals surface area contributed by atoms with Crippen molar-refractivity contribution < 1.29 is 23.9 Å². The van der Waals surface area contributed by atoms with E-state index in [4.69, 9.17) is 9.47 Å². The average Bonchev–Trinajstić information content (AvgIpc) is 3.12. The van der Waals surface area contributed by atoms with Gasteiger partial charge in [-0.25, -0.2) is 4.79 Å². The molecule has 1 aromatic rings. The van der Waals surface area contributed by atoms with Gasteiger partial charge in [-0.05, 0) is 70.1 Å². The van der Waals surface area contributed by atoms with E-state index in [0.29, 0.717) is 31.5 Å². The third kappa shape index (κ3) is 5.12. The van der Waals surface area contributed by atoms with Gasteiger partial charge in [0, 0.05) is 18.7 Å². The molecular weight excluding hydrogens is 358 g/mol. The van der Waals surface area contributed by atoms with Crippen molar-refractivity contribution in [2.24, 2.45) is 5.92 Å². The van der Waals surface area contributed by atoms with Crippen molar-refractivity contribution in [2.45, 2.75) is 58.5 Å².